The Bertz CT molecular complexity index is 1010. The maximum Gasteiger partial charge on any atom is 0.342 e. The second kappa shape index (κ2) is 12.3. The van der Waals surface area contributed by atoms with Crippen LogP contribution in [-0.2, 0) is 29.1 Å². The van der Waals surface area contributed by atoms with E-state index in [0.29, 0.717) is 45.6 Å². The lowest BCUT2D eigenvalue weighted by Crippen LogP contribution is -2.42. The van der Waals surface area contributed by atoms with Gasteiger partial charge in [0.25, 0.3) is 5.91 Å². The number of sulfonamides is 1. The fourth-order valence-electron chi connectivity index (χ4n) is 4.36. The molecule has 35 heavy (non-hydrogen) atoms. The van der Waals surface area contributed by atoms with E-state index in [9.17, 15) is 22.8 Å². The maximum absolute atomic E-state index is 13.1. The minimum absolute atomic E-state index is 0.0143. The summed E-state index contributed by atoms with van der Waals surface area (Å²) in [7, 11) is -2.41. The van der Waals surface area contributed by atoms with Crippen molar-refractivity contribution in [3.8, 4) is 5.75 Å². The second-order valence-corrected chi connectivity index (χ2v) is 10.6. The van der Waals surface area contributed by atoms with Crippen molar-refractivity contribution in [3.05, 3.63) is 23.8 Å². The summed E-state index contributed by atoms with van der Waals surface area (Å²) >= 11 is 0. The molecule has 2 fully saturated rings. The van der Waals surface area contributed by atoms with E-state index in [0.717, 1.165) is 25.7 Å². The van der Waals surface area contributed by atoms with Crippen molar-refractivity contribution in [2.75, 3.05) is 46.5 Å². The first kappa shape index (κ1) is 26.9. The molecule has 2 heterocycles. The van der Waals surface area contributed by atoms with Gasteiger partial charge in [-0.3, -0.25) is 9.59 Å². The van der Waals surface area contributed by atoms with Crippen LogP contribution in [0.3, 0.4) is 0 Å². The van der Waals surface area contributed by atoms with Gasteiger partial charge >= 0.3 is 11.9 Å². The van der Waals surface area contributed by atoms with Crippen LogP contribution in [0.25, 0.3) is 0 Å². The van der Waals surface area contributed by atoms with Gasteiger partial charge in [-0.25, -0.2) is 13.2 Å². The monoisotopic (exact) mass is 510 g/mol. The SMILES string of the molecule is CCOC(=O)C1CCN(C(=O)COC(=O)c2cc(S(=O)(=O)N3CCCCCC3)ccc2OC)CC1. The molecule has 0 N–H and O–H groups in total. The van der Waals surface area contributed by atoms with Gasteiger partial charge in [-0.15, -0.1) is 0 Å². The highest BCUT2D eigenvalue weighted by molar-refractivity contribution is 7.89. The first-order chi connectivity index (χ1) is 16.8. The molecule has 10 nitrogen and oxygen atoms in total. The third-order valence-electron chi connectivity index (χ3n) is 6.39. The summed E-state index contributed by atoms with van der Waals surface area (Å²) in [4.78, 5) is 38.7. The number of carbonyl (C=O) groups is 3. The molecule has 1 amide bonds. The molecule has 1 aromatic carbocycles. The van der Waals surface area contributed by atoms with E-state index >= 15 is 0 Å². The van der Waals surface area contributed by atoms with Gasteiger partial charge in [0, 0.05) is 26.2 Å². The molecular formula is C24H34N2O8S. The van der Waals surface area contributed by atoms with Crippen LogP contribution >= 0.6 is 0 Å². The number of benzene rings is 1. The molecule has 0 unspecified atom stereocenters. The van der Waals surface area contributed by atoms with E-state index in [4.69, 9.17) is 14.2 Å². The molecule has 0 aliphatic carbocycles. The molecule has 0 bridgehead atoms. The average molecular weight is 511 g/mol. The molecule has 2 aliphatic heterocycles. The molecule has 194 valence electrons. The van der Waals surface area contributed by atoms with Gasteiger partial charge < -0.3 is 19.1 Å². The number of amides is 1. The van der Waals surface area contributed by atoms with Crippen LogP contribution in [0.1, 0.15) is 55.8 Å². The highest BCUT2D eigenvalue weighted by Gasteiger charge is 2.30. The molecule has 2 saturated heterocycles. The summed E-state index contributed by atoms with van der Waals surface area (Å²) in [5.74, 6) is -1.56. The zero-order valence-electron chi connectivity index (χ0n) is 20.4. The zero-order valence-corrected chi connectivity index (χ0v) is 21.2. The van der Waals surface area contributed by atoms with Gasteiger partial charge in [0.2, 0.25) is 10.0 Å². The number of hydrogen-bond donors (Lipinski definition) is 0. The largest absolute Gasteiger partial charge is 0.496 e. The van der Waals surface area contributed by atoms with Crippen LogP contribution in [0.5, 0.6) is 5.75 Å². The Morgan fingerprint density at radius 2 is 1.63 bits per heavy atom. The fraction of sp³-hybridized carbons (Fsp3) is 0.625. The zero-order chi connectivity index (χ0) is 25.4. The smallest absolute Gasteiger partial charge is 0.342 e. The van der Waals surface area contributed by atoms with E-state index in [2.05, 4.69) is 0 Å². The van der Waals surface area contributed by atoms with Gasteiger partial charge in [0.1, 0.15) is 11.3 Å². The van der Waals surface area contributed by atoms with E-state index in [1.807, 2.05) is 0 Å². The summed E-state index contributed by atoms with van der Waals surface area (Å²) in [6, 6.07) is 4.08. The quantitative estimate of drug-likeness (QED) is 0.489. The molecule has 0 saturated carbocycles. The van der Waals surface area contributed by atoms with Gasteiger partial charge in [0.15, 0.2) is 6.61 Å². The van der Waals surface area contributed by atoms with E-state index in [1.165, 1.54) is 29.6 Å². The Morgan fingerprint density at radius 3 is 2.23 bits per heavy atom. The predicted molar refractivity (Wildman–Crippen MR) is 126 cm³/mol. The number of rotatable bonds is 8. The van der Waals surface area contributed by atoms with E-state index < -0.39 is 22.6 Å². The minimum atomic E-state index is -3.77. The number of likely N-dealkylation sites (tertiary alicyclic amines) is 1. The number of hydrogen-bond acceptors (Lipinski definition) is 8. The third-order valence-corrected chi connectivity index (χ3v) is 8.28. The van der Waals surface area contributed by atoms with Crippen LogP contribution in [0.2, 0.25) is 0 Å². The summed E-state index contributed by atoms with van der Waals surface area (Å²) in [6.07, 6.45) is 4.54. The molecule has 1 aromatic rings. The summed E-state index contributed by atoms with van der Waals surface area (Å²) in [5.41, 5.74) is -0.0581. The molecule has 0 spiro atoms. The molecule has 0 radical (unpaired) electrons. The van der Waals surface area contributed by atoms with Gasteiger partial charge in [-0.1, -0.05) is 12.8 Å². The average Bonchev–Trinajstić information content (AvgIpc) is 3.17. The first-order valence-corrected chi connectivity index (χ1v) is 13.5. The first-order valence-electron chi connectivity index (χ1n) is 12.1. The lowest BCUT2D eigenvalue weighted by Gasteiger charge is -2.30. The molecule has 11 heteroatoms. The van der Waals surface area contributed by atoms with Crippen LogP contribution in [0, 0.1) is 5.92 Å². The van der Waals surface area contributed by atoms with Crippen LogP contribution in [0.4, 0.5) is 0 Å². The molecular weight excluding hydrogens is 476 g/mol. The summed E-state index contributed by atoms with van der Waals surface area (Å²) < 4.78 is 43.2. The Hall–Kier alpha value is -2.66. The Balaban J connectivity index is 1.63. The lowest BCUT2D eigenvalue weighted by molar-refractivity contribution is -0.151. The standard InChI is InChI=1S/C24H34N2O8S/c1-3-33-23(28)18-10-14-25(15-11-18)22(27)17-34-24(29)20-16-19(8-9-21(20)32-2)35(30,31)26-12-6-4-5-7-13-26/h8-9,16,18H,3-7,10-15,17H2,1-2H3. The lowest BCUT2D eigenvalue weighted by atomic mass is 9.97. The van der Waals surface area contributed by atoms with Crippen molar-refractivity contribution < 1.29 is 37.0 Å². The highest BCUT2D eigenvalue weighted by atomic mass is 32.2. The van der Waals surface area contributed by atoms with Crippen LogP contribution in [0.15, 0.2) is 23.1 Å². The van der Waals surface area contributed by atoms with Crippen molar-refractivity contribution in [2.45, 2.75) is 50.3 Å². The van der Waals surface area contributed by atoms with Gasteiger partial charge in [-0.2, -0.15) is 4.31 Å². The number of nitrogens with zero attached hydrogens (tertiary/aromatic N) is 2. The number of carbonyl (C=O) groups excluding carboxylic acids is 3. The number of piperidine rings is 1. The molecule has 3 rings (SSSR count). The molecule has 0 aromatic heterocycles. The van der Waals surface area contributed by atoms with Gasteiger partial charge in [0.05, 0.1) is 24.5 Å². The van der Waals surface area contributed by atoms with Crippen molar-refractivity contribution in [1.29, 1.82) is 0 Å². The van der Waals surface area contributed by atoms with Crippen molar-refractivity contribution in [1.82, 2.24) is 9.21 Å². The Labute approximate surface area is 206 Å². The molecule has 0 atom stereocenters. The third kappa shape index (κ3) is 6.72. The summed E-state index contributed by atoms with van der Waals surface area (Å²) in [6.45, 7) is 3.19. The van der Waals surface area contributed by atoms with Crippen molar-refractivity contribution in [2.24, 2.45) is 5.92 Å². The van der Waals surface area contributed by atoms with Crippen LogP contribution in [-0.4, -0.2) is 82.0 Å². The molecule has 2 aliphatic rings. The van der Waals surface area contributed by atoms with E-state index in [1.54, 1.807) is 11.8 Å². The topological polar surface area (TPSA) is 120 Å². The van der Waals surface area contributed by atoms with Gasteiger partial charge in [-0.05, 0) is 50.8 Å². The Morgan fingerprint density at radius 1 is 0.971 bits per heavy atom. The van der Waals surface area contributed by atoms with Crippen molar-refractivity contribution >= 4 is 27.9 Å². The van der Waals surface area contributed by atoms with E-state index in [-0.39, 0.29) is 34.0 Å². The van der Waals surface area contributed by atoms with Crippen LogP contribution < -0.4 is 4.74 Å². The predicted octanol–water partition coefficient (Wildman–Crippen LogP) is 2.22. The van der Waals surface area contributed by atoms with Crippen molar-refractivity contribution in [3.63, 3.8) is 0 Å². The maximum atomic E-state index is 13.1. The fourth-order valence-corrected chi connectivity index (χ4v) is 5.90. The number of esters is 2. The number of ether oxygens (including phenoxy) is 3. The Kier molecular flexibility index (Phi) is 9.50. The summed E-state index contributed by atoms with van der Waals surface area (Å²) in [5, 5.41) is 0. The second-order valence-electron chi connectivity index (χ2n) is 8.66. The highest BCUT2D eigenvalue weighted by Crippen LogP contribution is 2.27. The normalized spacial score (nSPS) is 17.9. The number of methoxy groups -OCH3 is 1. The minimum Gasteiger partial charge on any atom is -0.496 e.